The lowest BCUT2D eigenvalue weighted by Crippen LogP contribution is -2.53. The van der Waals surface area contributed by atoms with E-state index in [0.29, 0.717) is 25.2 Å². The lowest BCUT2D eigenvalue weighted by Gasteiger charge is -2.31. The number of rotatable bonds is 15. The van der Waals surface area contributed by atoms with Crippen LogP contribution in [-0.4, -0.2) is 64.2 Å². The van der Waals surface area contributed by atoms with E-state index in [1.165, 1.54) is 0 Å². The Balaban J connectivity index is 1.80. The summed E-state index contributed by atoms with van der Waals surface area (Å²) < 4.78 is 0. The molecule has 8 nitrogen and oxygen atoms in total. The number of aliphatic hydroxyl groups is 2. The first-order valence-corrected chi connectivity index (χ1v) is 15.1. The zero-order valence-corrected chi connectivity index (χ0v) is 25.6. The van der Waals surface area contributed by atoms with E-state index in [9.17, 15) is 24.6 Å². The molecule has 0 saturated heterocycles. The molecule has 0 heterocycles. The van der Waals surface area contributed by atoms with Crippen LogP contribution in [0.5, 0.6) is 0 Å². The third-order valence-corrected chi connectivity index (χ3v) is 7.47. The zero-order chi connectivity index (χ0) is 31.4. The first kappa shape index (κ1) is 33.5. The highest BCUT2D eigenvalue weighted by Crippen LogP contribution is 2.18. The number of aliphatic hydroxyl groups excluding tert-OH is 2. The van der Waals surface area contributed by atoms with Gasteiger partial charge in [0.05, 0.1) is 18.1 Å². The highest BCUT2D eigenvalue weighted by molar-refractivity contribution is 6.00. The van der Waals surface area contributed by atoms with Crippen molar-refractivity contribution in [1.82, 2.24) is 15.5 Å². The number of hydrogen-bond acceptors (Lipinski definition) is 5. The molecule has 0 aromatic heterocycles. The molecule has 0 bridgehead atoms. The van der Waals surface area contributed by atoms with Crippen molar-refractivity contribution in [2.24, 2.45) is 5.92 Å². The summed E-state index contributed by atoms with van der Waals surface area (Å²) in [4.78, 5) is 41.5. The van der Waals surface area contributed by atoms with Gasteiger partial charge >= 0.3 is 0 Å². The van der Waals surface area contributed by atoms with Gasteiger partial charge < -0.3 is 25.7 Å². The van der Waals surface area contributed by atoms with Crippen LogP contribution in [0.2, 0.25) is 0 Å². The van der Waals surface area contributed by atoms with Crippen molar-refractivity contribution in [3.05, 3.63) is 107 Å². The van der Waals surface area contributed by atoms with Crippen molar-refractivity contribution in [1.29, 1.82) is 0 Å². The van der Waals surface area contributed by atoms with Gasteiger partial charge in [-0.25, -0.2) is 0 Å². The largest absolute Gasteiger partial charge is 0.390 e. The van der Waals surface area contributed by atoms with Crippen molar-refractivity contribution in [2.45, 2.75) is 71.8 Å². The second kappa shape index (κ2) is 16.6. The van der Waals surface area contributed by atoms with E-state index < -0.39 is 36.0 Å². The van der Waals surface area contributed by atoms with Gasteiger partial charge in [-0.15, -0.1) is 0 Å². The van der Waals surface area contributed by atoms with Crippen molar-refractivity contribution in [2.75, 3.05) is 13.1 Å². The first-order valence-electron chi connectivity index (χ1n) is 15.1. The highest BCUT2D eigenvalue weighted by atomic mass is 16.3. The summed E-state index contributed by atoms with van der Waals surface area (Å²) in [5.74, 6) is -1.97. The molecule has 43 heavy (non-hydrogen) atoms. The third kappa shape index (κ3) is 9.76. The number of nitrogens with one attached hydrogen (secondary N) is 2. The van der Waals surface area contributed by atoms with E-state index in [4.69, 9.17) is 0 Å². The van der Waals surface area contributed by atoms with Gasteiger partial charge in [0.15, 0.2) is 0 Å². The summed E-state index contributed by atoms with van der Waals surface area (Å²) in [7, 11) is 0. The number of nitrogens with zero attached hydrogens (tertiary/aromatic N) is 1. The first-order chi connectivity index (χ1) is 20.6. The average molecular weight is 588 g/mol. The van der Waals surface area contributed by atoms with Gasteiger partial charge in [0, 0.05) is 30.8 Å². The van der Waals surface area contributed by atoms with Crippen LogP contribution in [0.25, 0.3) is 0 Å². The van der Waals surface area contributed by atoms with Crippen LogP contribution in [0.1, 0.15) is 71.0 Å². The standard InChI is InChI=1S/C35H45N3O5/c1-5-17-38(18-6-2)35(43)29-20-24(3)19-28(22-29)34(42)37-30(21-26-13-9-7-10-14-26)32(40)31(39)25(4)33(41)36-23-27-15-11-8-12-16-27/h7-16,19-20,22,25,30-32,39-40H,5-6,17-18,21,23H2,1-4H3,(H,36,41)(H,37,42). The van der Waals surface area contributed by atoms with Gasteiger partial charge in [-0.1, -0.05) is 81.4 Å². The molecule has 0 spiro atoms. The van der Waals surface area contributed by atoms with Gasteiger partial charge in [-0.3, -0.25) is 14.4 Å². The minimum atomic E-state index is -1.45. The molecule has 0 aliphatic heterocycles. The molecule has 0 aliphatic rings. The Morgan fingerprint density at radius 3 is 1.93 bits per heavy atom. The molecule has 3 amide bonds. The Labute approximate surface area is 255 Å². The quantitative estimate of drug-likeness (QED) is 0.212. The fourth-order valence-corrected chi connectivity index (χ4v) is 5.09. The molecule has 3 rings (SSSR count). The van der Waals surface area contributed by atoms with E-state index in [1.807, 2.05) is 81.4 Å². The van der Waals surface area contributed by atoms with Crippen LogP contribution >= 0.6 is 0 Å². The molecule has 4 atom stereocenters. The Bertz CT molecular complexity index is 1330. The monoisotopic (exact) mass is 587 g/mol. The second-order valence-corrected chi connectivity index (χ2v) is 11.1. The summed E-state index contributed by atoms with van der Waals surface area (Å²) in [6, 6.07) is 22.9. The van der Waals surface area contributed by atoms with E-state index in [2.05, 4.69) is 10.6 Å². The number of amides is 3. The Kier molecular flexibility index (Phi) is 12.9. The number of benzene rings is 3. The van der Waals surface area contributed by atoms with Gasteiger partial charge in [-0.2, -0.15) is 0 Å². The van der Waals surface area contributed by atoms with Gasteiger partial charge in [0.2, 0.25) is 5.91 Å². The maximum Gasteiger partial charge on any atom is 0.253 e. The molecule has 3 aromatic rings. The Morgan fingerprint density at radius 1 is 0.791 bits per heavy atom. The Hall–Kier alpha value is -4.01. The molecule has 8 heteroatoms. The lowest BCUT2D eigenvalue weighted by atomic mass is 9.90. The number of hydrogen-bond donors (Lipinski definition) is 4. The van der Waals surface area contributed by atoms with Crippen LogP contribution in [0.15, 0.2) is 78.9 Å². The molecular weight excluding hydrogens is 542 g/mol. The smallest absolute Gasteiger partial charge is 0.253 e. The normalized spacial score (nSPS) is 13.8. The minimum Gasteiger partial charge on any atom is -0.390 e. The highest BCUT2D eigenvalue weighted by Gasteiger charge is 2.34. The van der Waals surface area contributed by atoms with Crippen molar-refractivity contribution >= 4 is 17.7 Å². The van der Waals surface area contributed by atoms with E-state index in [1.54, 1.807) is 30.0 Å². The van der Waals surface area contributed by atoms with E-state index >= 15 is 0 Å². The number of carbonyl (C=O) groups excluding carboxylic acids is 3. The van der Waals surface area contributed by atoms with Crippen LogP contribution < -0.4 is 10.6 Å². The molecule has 230 valence electrons. The number of carbonyl (C=O) groups is 3. The maximum atomic E-state index is 13.6. The van der Waals surface area contributed by atoms with E-state index in [-0.39, 0.29) is 17.9 Å². The van der Waals surface area contributed by atoms with Crippen LogP contribution in [-0.2, 0) is 17.8 Å². The van der Waals surface area contributed by atoms with Crippen molar-refractivity contribution in [3.63, 3.8) is 0 Å². The summed E-state index contributed by atoms with van der Waals surface area (Å²) in [5.41, 5.74) is 3.22. The zero-order valence-electron chi connectivity index (χ0n) is 25.6. The van der Waals surface area contributed by atoms with Gasteiger partial charge in [0.25, 0.3) is 11.8 Å². The van der Waals surface area contributed by atoms with Crippen LogP contribution in [0.4, 0.5) is 0 Å². The topological polar surface area (TPSA) is 119 Å². The van der Waals surface area contributed by atoms with Crippen LogP contribution in [0, 0.1) is 12.8 Å². The minimum absolute atomic E-state index is 0.131. The van der Waals surface area contributed by atoms with Crippen LogP contribution in [0.3, 0.4) is 0 Å². The molecule has 0 aliphatic carbocycles. The van der Waals surface area contributed by atoms with E-state index in [0.717, 1.165) is 29.5 Å². The predicted molar refractivity (Wildman–Crippen MR) is 169 cm³/mol. The lowest BCUT2D eigenvalue weighted by molar-refractivity contribution is -0.131. The summed E-state index contributed by atoms with van der Waals surface area (Å²) >= 11 is 0. The fourth-order valence-electron chi connectivity index (χ4n) is 5.09. The predicted octanol–water partition coefficient (Wildman–Crippen LogP) is 4.27. The SMILES string of the molecule is CCCN(CCC)C(=O)c1cc(C)cc(C(=O)NC(Cc2ccccc2)C(O)C(O)C(C)C(=O)NCc2ccccc2)c1. The second-order valence-electron chi connectivity index (χ2n) is 11.1. The Morgan fingerprint density at radius 2 is 1.35 bits per heavy atom. The molecule has 0 fully saturated rings. The molecule has 0 radical (unpaired) electrons. The molecular formula is C35H45N3O5. The van der Waals surface area contributed by atoms with Gasteiger partial charge in [-0.05, 0) is 61.1 Å². The third-order valence-electron chi connectivity index (χ3n) is 7.47. The molecule has 0 saturated carbocycles. The molecule has 4 N–H and O–H groups in total. The summed E-state index contributed by atoms with van der Waals surface area (Å²) in [5, 5.41) is 28.1. The maximum absolute atomic E-state index is 13.6. The van der Waals surface area contributed by atoms with Crippen molar-refractivity contribution in [3.8, 4) is 0 Å². The van der Waals surface area contributed by atoms with Gasteiger partial charge in [0.1, 0.15) is 6.10 Å². The fraction of sp³-hybridized carbons (Fsp3) is 0.400. The number of aryl methyl sites for hydroxylation is 1. The summed E-state index contributed by atoms with van der Waals surface area (Å²) in [6.45, 7) is 8.96. The molecule has 3 aromatic carbocycles. The molecule has 4 unspecified atom stereocenters. The average Bonchev–Trinajstić information content (AvgIpc) is 3.02. The summed E-state index contributed by atoms with van der Waals surface area (Å²) in [6.07, 6.45) is -1.01. The van der Waals surface area contributed by atoms with Crippen molar-refractivity contribution < 1.29 is 24.6 Å².